The number of halogens is 2. The molecule has 1 amide bonds. The van der Waals surface area contributed by atoms with Crippen molar-refractivity contribution in [3.63, 3.8) is 0 Å². The van der Waals surface area contributed by atoms with E-state index in [1.807, 2.05) is 0 Å². The topological polar surface area (TPSA) is 85.8 Å². The van der Waals surface area contributed by atoms with Crippen molar-refractivity contribution >= 4 is 40.7 Å². The number of benzene rings is 1. The van der Waals surface area contributed by atoms with Crippen LogP contribution in [0.3, 0.4) is 0 Å². The van der Waals surface area contributed by atoms with Gasteiger partial charge >= 0.3 is 0 Å². The van der Waals surface area contributed by atoms with E-state index in [-0.39, 0.29) is 15.7 Å². The summed E-state index contributed by atoms with van der Waals surface area (Å²) < 4.78 is 1.43. The molecular weight excluding hydrogens is 277 g/mol. The molecule has 0 saturated carbocycles. The van der Waals surface area contributed by atoms with Crippen molar-refractivity contribution in [1.29, 1.82) is 0 Å². The van der Waals surface area contributed by atoms with Crippen LogP contribution in [-0.4, -0.2) is 20.7 Å². The van der Waals surface area contributed by atoms with Crippen LogP contribution in [0.1, 0.15) is 10.4 Å². The molecule has 0 radical (unpaired) electrons. The van der Waals surface area contributed by atoms with Crippen LogP contribution in [0.4, 0.5) is 11.6 Å². The molecule has 3 N–H and O–H groups in total. The molecule has 0 bridgehead atoms. The lowest BCUT2D eigenvalue weighted by atomic mass is 10.2. The standard InChI is InChI=1S/C10H9Cl2N5O/c1-17-10(14-4-15-17)16-9(18)5-2-6(11)8(13)7(12)3-5/h2-4H,13H2,1H3,(H,14,15,16,18). The van der Waals surface area contributed by atoms with Crippen molar-refractivity contribution in [3.8, 4) is 0 Å². The van der Waals surface area contributed by atoms with E-state index in [0.717, 1.165) is 0 Å². The Hall–Kier alpha value is -1.79. The minimum atomic E-state index is -0.394. The molecule has 0 aliphatic heterocycles. The Morgan fingerprint density at radius 2 is 2.00 bits per heavy atom. The zero-order valence-corrected chi connectivity index (χ0v) is 10.8. The summed E-state index contributed by atoms with van der Waals surface area (Å²) in [6.07, 6.45) is 1.33. The third-order valence-electron chi connectivity index (χ3n) is 2.28. The molecule has 1 heterocycles. The lowest BCUT2D eigenvalue weighted by Gasteiger charge is -2.07. The van der Waals surface area contributed by atoms with E-state index in [2.05, 4.69) is 15.4 Å². The number of rotatable bonds is 2. The van der Waals surface area contributed by atoms with Crippen molar-refractivity contribution in [2.24, 2.45) is 7.05 Å². The Kier molecular flexibility index (Phi) is 3.40. The van der Waals surface area contributed by atoms with Gasteiger partial charge in [-0.3, -0.25) is 10.1 Å². The highest BCUT2D eigenvalue weighted by Crippen LogP contribution is 2.28. The van der Waals surface area contributed by atoms with Crippen LogP contribution in [0.25, 0.3) is 0 Å². The minimum Gasteiger partial charge on any atom is -0.396 e. The van der Waals surface area contributed by atoms with Crippen molar-refractivity contribution in [1.82, 2.24) is 14.8 Å². The Bertz CT molecular complexity index is 587. The second-order valence-corrected chi connectivity index (χ2v) is 4.33. The third-order valence-corrected chi connectivity index (χ3v) is 2.90. The molecule has 0 fully saturated rings. The Morgan fingerprint density at radius 1 is 1.39 bits per heavy atom. The van der Waals surface area contributed by atoms with E-state index < -0.39 is 5.91 Å². The number of aryl methyl sites for hydroxylation is 1. The van der Waals surface area contributed by atoms with Crippen LogP contribution >= 0.6 is 23.2 Å². The van der Waals surface area contributed by atoms with Crippen LogP contribution in [-0.2, 0) is 7.05 Å². The van der Waals surface area contributed by atoms with E-state index in [1.54, 1.807) is 7.05 Å². The summed E-state index contributed by atoms with van der Waals surface area (Å²) in [5.41, 5.74) is 6.13. The SMILES string of the molecule is Cn1ncnc1NC(=O)c1cc(Cl)c(N)c(Cl)c1. The summed E-state index contributed by atoms with van der Waals surface area (Å²) in [6, 6.07) is 2.88. The van der Waals surface area contributed by atoms with Gasteiger partial charge in [-0.05, 0) is 12.1 Å². The molecule has 8 heteroatoms. The molecule has 0 aliphatic rings. The maximum Gasteiger partial charge on any atom is 0.258 e. The van der Waals surface area contributed by atoms with Crippen molar-refractivity contribution in [3.05, 3.63) is 34.1 Å². The zero-order chi connectivity index (χ0) is 13.3. The van der Waals surface area contributed by atoms with Gasteiger partial charge in [-0.2, -0.15) is 10.1 Å². The van der Waals surface area contributed by atoms with Crippen LogP contribution < -0.4 is 11.1 Å². The Balaban J connectivity index is 2.27. The molecule has 1 aromatic carbocycles. The maximum atomic E-state index is 11.9. The summed E-state index contributed by atoms with van der Waals surface area (Å²) >= 11 is 11.7. The summed E-state index contributed by atoms with van der Waals surface area (Å²) in [7, 11) is 1.66. The smallest absolute Gasteiger partial charge is 0.258 e. The average molecular weight is 286 g/mol. The summed E-state index contributed by atoms with van der Waals surface area (Å²) in [5, 5.41) is 6.86. The number of anilines is 2. The van der Waals surface area contributed by atoms with Gasteiger partial charge in [-0.1, -0.05) is 23.2 Å². The average Bonchev–Trinajstić information content (AvgIpc) is 2.71. The highest BCUT2D eigenvalue weighted by atomic mass is 35.5. The molecule has 0 aliphatic carbocycles. The number of nitrogens with zero attached hydrogens (tertiary/aromatic N) is 3. The number of hydrogen-bond acceptors (Lipinski definition) is 4. The molecule has 2 aromatic rings. The normalized spacial score (nSPS) is 10.4. The van der Waals surface area contributed by atoms with Gasteiger partial charge in [0.2, 0.25) is 5.95 Å². The van der Waals surface area contributed by atoms with Crippen LogP contribution in [0, 0.1) is 0 Å². The van der Waals surface area contributed by atoms with Crippen molar-refractivity contribution in [2.45, 2.75) is 0 Å². The van der Waals surface area contributed by atoms with E-state index in [0.29, 0.717) is 11.5 Å². The largest absolute Gasteiger partial charge is 0.396 e. The first-order chi connectivity index (χ1) is 8.49. The van der Waals surface area contributed by atoms with Crippen LogP contribution in [0.5, 0.6) is 0 Å². The maximum absolute atomic E-state index is 11.9. The summed E-state index contributed by atoms with van der Waals surface area (Å²) in [6.45, 7) is 0. The highest BCUT2D eigenvalue weighted by Gasteiger charge is 2.13. The fraction of sp³-hybridized carbons (Fsp3) is 0.100. The first-order valence-corrected chi connectivity index (χ1v) is 5.64. The number of aromatic nitrogens is 3. The van der Waals surface area contributed by atoms with E-state index in [4.69, 9.17) is 28.9 Å². The van der Waals surface area contributed by atoms with Gasteiger partial charge in [-0.25, -0.2) is 4.68 Å². The van der Waals surface area contributed by atoms with E-state index >= 15 is 0 Å². The number of hydrogen-bond donors (Lipinski definition) is 2. The van der Waals surface area contributed by atoms with Gasteiger partial charge < -0.3 is 5.73 Å². The molecule has 6 nitrogen and oxygen atoms in total. The predicted molar refractivity (Wildman–Crippen MR) is 69.8 cm³/mol. The number of amides is 1. The molecule has 1 aromatic heterocycles. The minimum absolute atomic E-state index is 0.227. The van der Waals surface area contributed by atoms with Gasteiger partial charge in [0.25, 0.3) is 5.91 Å². The van der Waals surface area contributed by atoms with Crippen LogP contribution in [0.2, 0.25) is 10.0 Å². The molecule has 18 heavy (non-hydrogen) atoms. The number of nitrogen functional groups attached to an aromatic ring is 1. The molecule has 0 spiro atoms. The van der Waals surface area contributed by atoms with Gasteiger partial charge in [0.15, 0.2) is 0 Å². The van der Waals surface area contributed by atoms with Gasteiger partial charge in [0.1, 0.15) is 6.33 Å². The number of carbonyl (C=O) groups excluding carboxylic acids is 1. The van der Waals surface area contributed by atoms with Gasteiger partial charge in [-0.15, -0.1) is 0 Å². The first-order valence-electron chi connectivity index (χ1n) is 4.89. The number of carbonyl (C=O) groups is 1. The second kappa shape index (κ2) is 4.83. The Morgan fingerprint density at radius 3 is 2.50 bits per heavy atom. The molecular formula is C10H9Cl2N5O. The van der Waals surface area contributed by atoms with Crippen molar-refractivity contribution < 1.29 is 4.79 Å². The highest BCUT2D eigenvalue weighted by molar-refractivity contribution is 6.39. The lowest BCUT2D eigenvalue weighted by Crippen LogP contribution is -2.15. The number of nitrogens with one attached hydrogen (secondary N) is 1. The van der Waals surface area contributed by atoms with E-state index in [1.165, 1.54) is 23.1 Å². The fourth-order valence-corrected chi connectivity index (χ4v) is 1.79. The molecule has 0 atom stereocenters. The molecule has 94 valence electrons. The van der Waals surface area contributed by atoms with Crippen LogP contribution in [0.15, 0.2) is 18.5 Å². The number of nitrogens with two attached hydrogens (primary N) is 1. The summed E-state index contributed by atoms with van der Waals surface area (Å²) in [5.74, 6) is -0.0704. The lowest BCUT2D eigenvalue weighted by molar-refractivity contribution is 0.102. The zero-order valence-electron chi connectivity index (χ0n) is 9.32. The third kappa shape index (κ3) is 2.39. The summed E-state index contributed by atoms with van der Waals surface area (Å²) in [4.78, 5) is 15.8. The fourth-order valence-electron chi connectivity index (χ4n) is 1.30. The second-order valence-electron chi connectivity index (χ2n) is 3.51. The van der Waals surface area contributed by atoms with Gasteiger partial charge in [0.05, 0.1) is 15.7 Å². The molecule has 0 unspecified atom stereocenters. The monoisotopic (exact) mass is 285 g/mol. The molecule has 0 saturated heterocycles. The predicted octanol–water partition coefficient (Wildman–Crippen LogP) is 1.96. The molecule has 2 rings (SSSR count). The quantitative estimate of drug-likeness (QED) is 0.826. The van der Waals surface area contributed by atoms with E-state index in [9.17, 15) is 4.79 Å². The first kappa shape index (κ1) is 12.7. The van der Waals surface area contributed by atoms with Gasteiger partial charge in [0, 0.05) is 12.6 Å². The van der Waals surface area contributed by atoms with Crippen molar-refractivity contribution in [2.75, 3.05) is 11.1 Å². The Labute approximate surface area is 113 Å².